The Labute approximate surface area is 134 Å². The zero-order chi connectivity index (χ0) is 15.6. The highest BCUT2D eigenvalue weighted by atomic mass is 16.5. The van der Waals surface area contributed by atoms with Gasteiger partial charge in [-0.25, -0.2) is 4.79 Å². The summed E-state index contributed by atoms with van der Waals surface area (Å²) in [6.07, 6.45) is 9.36. The third-order valence-corrected chi connectivity index (χ3v) is 5.75. The molecule has 0 bridgehead atoms. The maximum absolute atomic E-state index is 12.6. The lowest BCUT2D eigenvalue weighted by Gasteiger charge is -2.41. The van der Waals surface area contributed by atoms with Gasteiger partial charge in [0, 0.05) is 18.6 Å². The Morgan fingerprint density at radius 1 is 1.23 bits per heavy atom. The molecule has 2 atom stereocenters. The number of urea groups is 1. The fourth-order valence-electron chi connectivity index (χ4n) is 4.37. The van der Waals surface area contributed by atoms with Gasteiger partial charge in [0.1, 0.15) is 0 Å². The number of ether oxygens (including phenoxy) is 1. The summed E-state index contributed by atoms with van der Waals surface area (Å²) >= 11 is 0. The minimum Gasteiger partial charge on any atom is -0.371 e. The molecule has 0 aromatic rings. The van der Waals surface area contributed by atoms with Crippen LogP contribution in [0.15, 0.2) is 0 Å². The number of rotatable bonds is 2. The second-order valence-corrected chi connectivity index (χ2v) is 7.59. The molecule has 1 saturated heterocycles. The van der Waals surface area contributed by atoms with E-state index in [1.54, 1.807) is 0 Å². The highest BCUT2D eigenvalue weighted by Crippen LogP contribution is 2.35. The average molecular weight is 309 g/mol. The number of morpholine rings is 1. The monoisotopic (exact) mass is 309 g/mol. The van der Waals surface area contributed by atoms with Crippen LogP contribution >= 0.6 is 0 Å². The molecule has 1 heterocycles. The lowest BCUT2D eigenvalue weighted by molar-refractivity contribution is -0.0928. The predicted molar refractivity (Wildman–Crippen MR) is 87.0 cm³/mol. The van der Waals surface area contributed by atoms with Gasteiger partial charge in [-0.05, 0) is 52.6 Å². The number of hydrogen-bond acceptors (Lipinski definition) is 3. The van der Waals surface area contributed by atoms with Crippen LogP contribution in [0.2, 0.25) is 0 Å². The van der Waals surface area contributed by atoms with E-state index in [1.165, 1.54) is 25.7 Å². The summed E-state index contributed by atoms with van der Waals surface area (Å²) in [6, 6.07) is 1.06. The van der Waals surface area contributed by atoms with Crippen molar-refractivity contribution in [1.82, 2.24) is 15.1 Å². The van der Waals surface area contributed by atoms with E-state index in [0.717, 1.165) is 38.8 Å². The van der Waals surface area contributed by atoms with Gasteiger partial charge in [-0.15, -0.1) is 0 Å². The molecular weight excluding hydrogens is 278 g/mol. The number of nitrogens with zero attached hydrogens (tertiary/aromatic N) is 2. The fraction of sp³-hybridized carbons (Fsp3) is 0.941. The van der Waals surface area contributed by atoms with Gasteiger partial charge in [-0.1, -0.05) is 12.8 Å². The SMILES string of the molecule is CN(C)[C@@H]1CCC[C@H](NC(=O)N2CCOC3(CCCC3)C2)C1. The minimum atomic E-state index is -0.0334. The molecule has 0 aromatic carbocycles. The number of hydrogen-bond donors (Lipinski definition) is 1. The van der Waals surface area contributed by atoms with Crippen molar-refractivity contribution in [2.45, 2.75) is 69.1 Å². The smallest absolute Gasteiger partial charge is 0.317 e. The van der Waals surface area contributed by atoms with Crippen LogP contribution in [0.3, 0.4) is 0 Å². The first kappa shape index (κ1) is 16.1. The van der Waals surface area contributed by atoms with Gasteiger partial charge in [0.05, 0.1) is 18.8 Å². The minimum absolute atomic E-state index is 0.0334. The van der Waals surface area contributed by atoms with Gasteiger partial charge >= 0.3 is 6.03 Å². The first-order valence-electron chi connectivity index (χ1n) is 8.94. The van der Waals surface area contributed by atoms with E-state index >= 15 is 0 Å². The molecule has 126 valence electrons. The van der Waals surface area contributed by atoms with Crippen molar-refractivity contribution in [3.8, 4) is 0 Å². The van der Waals surface area contributed by atoms with Gasteiger partial charge in [0.2, 0.25) is 0 Å². The number of carbonyl (C=O) groups is 1. The summed E-state index contributed by atoms with van der Waals surface area (Å²) in [7, 11) is 4.28. The molecule has 22 heavy (non-hydrogen) atoms. The molecule has 2 aliphatic carbocycles. The summed E-state index contributed by atoms with van der Waals surface area (Å²) in [6.45, 7) is 2.21. The van der Waals surface area contributed by atoms with Gasteiger partial charge in [-0.3, -0.25) is 0 Å². The Hall–Kier alpha value is -0.810. The van der Waals surface area contributed by atoms with E-state index in [4.69, 9.17) is 4.74 Å². The highest BCUT2D eigenvalue weighted by Gasteiger charge is 2.41. The first-order chi connectivity index (χ1) is 10.6. The molecule has 0 unspecified atom stereocenters. The van der Waals surface area contributed by atoms with Gasteiger partial charge < -0.3 is 19.9 Å². The molecule has 1 aliphatic heterocycles. The zero-order valence-corrected chi connectivity index (χ0v) is 14.1. The lowest BCUT2D eigenvalue weighted by Crippen LogP contribution is -2.56. The fourth-order valence-corrected chi connectivity index (χ4v) is 4.37. The Morgan fingerprint density at radius 3 is 2.73 bits per heavy atom. The van der Waals surface area contributed by atoms with E-state index in [9.17, 15) is 4.79 Å². The molecule has 3 fully saturated rings. The van der Waals surface area contributed by atoms with E-state index in [-0.39, 0.29) is 11.6 Å². The number of carbonyl (C=O) groups excluding carboxylic acids is 1. The predicted octanol–water partition coefficient (Wildman–Crippen LogP) is 2.21. The van der Waals surface area contributed by atoms with Crippen molar-refractivity contribution < 1.29 is 9.53 Å². The molecule has 3 rings (SSSR count). The van der Waals surface area contributed by atoms with E-state index in [2.05, 4.69) is 24.3 Å². The van der Waals surface area contributed by atoms with Crippen molar-refractivity contribution in [2.24, 2.45) is 0 Å². The summed E-state index contributed by atoms with van der Waals surface area (Å²) in [5.74, 6) is 0. The molecular formula is C17H31N3O2. The highest BCUT2D eigenvalue weighted by molar-refractivity contribution is 5.74. The first-order valence-corrected chi connectivity index (χ1v) is 8.94. The zero-order valence-electron chi connectivity index (χ0n) is 14.1. The molecule has 5 nitrogen and oxygen atoms in total. The molecule has 0 radical (unpaired) electrons. The average Bonchev–Trinajstić information content (AvgIpc) is 2.95. The number of nitrogens with one attached hydrogen (secondary N) is 1. The van der Waals surface area contributed by atoms with Crippen molar-refractivity contribution in [3.05, 3.63) is 0 Å². The van der Waals surface area contributed by atoms with Crippen molar-refractivity contribution in [1.29, 1.82) is 0 Å². The summed E-state index contributed by atoms with van der Waals surface area (Å²) in [4.78, 5) is 16.9. The standard InChI is InChI=1S/C17H31N3O2/c1-19(2)15-7-5-6-14(12-15)18-16(21)20-10-11-22-17(13-20)8-3-4-9-17/h14-15H,3-13H2,1-2H3,(H,18,21)/t14-,15+/m0/s1. The van der Waals surface area contributed by atoms with E-state index < -0.39 is 0 Å². The third kappa shape index (κ3) is 3.57. The van der Waals surface area contributed by atoms with E-state index in [0.29, 0.717) is 18.7 Å². The quantitative estimate of drug-likeness (QED) is 0.850. The largest absolute Gasteiger partial charge is 0.371 e. The summed E-state index contributed by atoms with van der Waals surface area (Å²) in [5, 5.41) is 3.28. The Kier molecular flexibility index (Phi) is 4.93. The summed E-state index contributed by atoms with van der Waals surface area (Å²) in [5.41, 5.74) is -0.0334. The maximum atomic E-state index is 12.6. The lowest BCUT2D eigenvalue weighted by atomic mass is 9.90. The normalized spacial score (nSPS) is 31.7. The molecule has 2 amide bonds. The third-order valence-electron chi connectivity index (χ3n) is 5.75. The van der Waals surface area contributed by atoms with Crippen LogP contribution in [-0.4, -0.2) is 67.3 Å². The van der Waals surface area contributed by atoms with Crippen LogP contribution in [0.25, 0.3) is 0 Å². The molecule has 1 N–H and O–H groups in total. The number of amides is 2. The van der Waals surface area contributed by atoms with Crippen molar-refractivity contribution in [2.75, 3.05) is 33.8 Å². The van der Waals surface area contributed by atoms with Gasteiger partial charge in [0.25, 0.3) is 0 Å². The maximum Gasteiger partial charge on any atom is 0.317 e. The second-order valence-electron chi connectivity index (χ2n) is 7.59. The van der Waals surface area contributed by atoms with Crippen LogP contribution in [0.5, 0.6) is 0 Å². The van der Waals surface area contributed by atoms with Crippen LogP contribution in [0.1, 0.15) is 51.4 Å². The van der Waals surface area contributed by atoms with Crippen molar-refractivity contribution >= 4 is 6.03 Å². The van der Waals surface area contributed by atoms with Crippen LogP contribution in [0, 0.1) is 0 Å². The Morgan fingerprint density at radius 2 is 2.00 bits per heavy atom. The molecule has 0 aromatic heterocycles. The second kappa shape index (κ2) is 6.75. The van der Waals surface area contributed by atoms with E-state index in [1.807, 2.05) is 4.90 Å². The van der Waals surface area contributed by atoms with Crippen LogP contribution in [0.4, 0.5) is 4.79 Å². The molecule has 1 spiro atoms. The topological polar surface area (TPSA) is 44.8 Å². The van der Waals surface area contributed by atoms with Crippen LogP contribution in [-0.2, 0) is 4.74 Å². The van der Waals surface area contributed by atoms with Crippen LogP contribution < -0.4 is 5.32 Å². The Balaban J connectivity index is 1.53. The van der Waals surface area contributed by atoms with Gasteiger partial charge in [0.15, 0.2) is 0 Å². The molecule has 5 heteroatoms. The molecule has 3 aliphatic rings. The Bertz CT molecular complexity index is 393. The van der Waals surface area contributed by atoms with Crippen molar-refractivity contribution in [3.63, 3.8) is 0 Å². The summed E-state index contributed by atoms with van der Waals surface area (Å²) < 4.78 is 6.02. The van der Waals surface area contributed by atoms with Gasteiger partial charge in [-0.2, -0.15) is 0 Å². The molecule has 2 saturated carbocycles.